The lowest BCUT2D eigenvalue weighted by atomic mass is 10.2. The van der Waals surface area contributed by atoms with Crippen molar-refractivity contribution in [3.8, 4) is 5.75 Å². The number of nitrogens with zero attached hydrogens (tertiary/aromatic N) is 1. The van der Waals surface area contributed by atoms with E-state index in [0.29, 0.717) is 10.0 Å². The summed E-state index contributed by atoms with van der Waals surface area (Å²) in [5, 5.41) is 2.45. The van der Waals surface area contributed by atoms with Crippen LogP contribution in [0.15, 0.2) is 22.7 Å². The van der Waals surface area contributed by atoms with Crippen molar-refractivity contribution < 1.29 is 26.7 Å². The third kappa shape index (κ3) is 6.24. The topological polar surface area (TPSA) is 75.7 Å². The molecule has 0 bridgehead atoms. The van der Waals surface area contributed by atoms with Crippen LogP contribution in [-0.2, 0) is 21.4 Å². The standard InChI is InChI=1S/C12H15BrF2N2O4S/c1-17(22(2,19)20)7-11(18)16-6-8-5-9(13)3-4-10(8)21-12(14)15/h3-5,12H,6-7H2,1-2H3,(H,16,18). The third-order valence-electron chi connectivity index (χ3n) is 2.65. The molecule has 0 aliphatic carbocycles. The van der Waals surface area contributed by atoms with Crippen LogP contribution in [0.4, 0.5) is 8.78 Å². The van der Waals surface area contributed by atoms with E-state index in [1.54, 1.807) is 0 Å². The maximum Gasteiger partial charge on any atom is 0.387 e. The number of likely N-dealkylation sites (N-methyl/N-ethyl adjacent to an activating group) is 1. The van der Waals surface area contributed by atoms with Crippen LogP contribution in [0.2, 0.25) is 0 Å². The number of carbonyl (C=O) groups is 1. The Balaban J connectivity index is 2.71. The quantitative estimate of drug-likeness (QED) is 0.753. The fourth-order valence-electron chi connectivity index (χ4n) is 1.47. The van der Waals surface area contributed by atoms with E-state index in [0.717, 1.165) is 10.6 Å². The van der Waals surface area contributed by atoms with E-state index in [-0.39, 0.29) is 18.8 Å². The molecular weight excluding hydrogens is 386 g/mol. The van der Waals surface area contributed by atoms with E-state index >= 15 is 0 Å². The molecular formula is C12H15BrF2N2O4S. The molecule has 124 valence electrons. The number of benzene rings is 1. The largest absolute Gasteiger partial charge is 0.434 e. The Kier molecular flexibility index (Phi) is 6.69. The van der Waals surface area contributed by atoms with Crippen molar-refractivity contribution in [2.45, 2.75) is 13.2 Å². The monoisotopic (exact) mass is 400 g/mol. The first-order valence-corrected chi connectivity index (χ1v) is 8.65. The van der Waals surface area contributed by atoms with Crippen LogP contribution < -0.4 is 10.1 Å². The Bertz CT molecular complexity index is 640. The number of hydrogen-bond donors (Lipinski definition) is 1. The fourth-order valence-corrected chi connectivity index (χ4v) is 2.23. The minimum Gasteiger partial charge on any atom is -0.434 e. The average Bonchev–Trinajstić information content (AvgIpc) is 2.37. The minimum atomic E-state index is -3.47. The highest BCUT2D eigenvalue weighted by molar-refractivity contribution is 9.10. The molecule has 1 rings (SSSR count). The molecule has 0 aromatic heterocycles. The molecule has 0 fully saturated rings. The Hall–Kier alpha value is -1.26. The lowest BCUT2D eigenvalue weighted by Crippen LogP contribution is -2.37. The van der Waals surface area contributed by atoms with E-state index in [1.807, 2.05) is 0 Å². The summed E-state index contributed by atoms with van der Waals surface area (Å²) in [5.41, 5.74) is 0.338. The normalized spacial score (nSPS) is 11.8. The van der Waals surface area contributed by atoms with E-state index in [1.165, 1.54) is 25.2 Å². The van der Waals surface area contributed by atoms with Gasteiger partial charge in [-0.1, -0.05) is 15.9 Å². The predicted octanol–water partition coefficient (Wildman–Crippen LogP) is 1.56. The Labute approximate surface area is 135 Å². The van der Waals surface area contributed by atoms with Gasteiger partial charge in [0.05, 0.1) is 12.8 Å². The molecule has 0 unspecified atom stereocenters. The fraction of sp³-hybridized carbons (Fsp3) is 0.417. The van der Waals surface area contributed by atoms with Gasteiger partial charge in [-0.15, -0.1) is 0 Å². The minimum absolute atomic E-state index is 0.0602. The second-order valence-corrected chi connectivity index (χ2v) is 7.43. The zero-order valence-electron chi connectivity index (χ0n) is 11.8. The van der Waals surface area contributed by atoms with Gasteiger partial charge in [-0.2, -0.15) is 13.1 Å². The number of nitrogens with one attached hydrogen (secondary N) is 1. The van der Waals surface area contributed by atoms with E-state index in [2.05, 4.69) is 26.0 Å². The van der Waals surface area contributed by atoms with Gasteiger partial charge in [0, 0.05) is 23.6 Å². The molecule has 0 spiro atoms. The van der Waals surface area contributed by atoms with E-state index < -0.39 is 22.5 Å². The molecule has 0 aliphatic rings. The second kappa shape index (κ2) is 7.84. The van der Waals surface area contributed by atoms with Crippen molar-refractivity contribution in [3.05, 3.63) is 28.2 Å². The maximum atomic E-state index is 12.3. The van der Waals surface area contributed by atoms with Gasteiger partial charge in [0.25, 0.3) is 0 Å². The molecule has 0 atom stereocenters. The van der Waals surface area contributed by atoms with Crippen LogP contribution in [0.3, 0.4) is 0 Å². The van der Waals surface area contributed by atoms with Crippen LogP contribution in [0.1, 0.15) is 5.56 Å². The molecule has 6 nitrogen and oxygen atoms in total. The summed E-state index contributed by atoms with van der Waals surface area (Å²) in [6, 6.07) is 4.40. The van der Waals surface area contributed by atoms with Crippen LogP contribution in [-0.4, -0.2) is 45.1 Å². The van der Waals surface area contributed by atoms with Crippen molar-refractivity contribution in [2.75, 3.05) is 19.8 Å². The summed E-state index contributed by atoms with van der Waals surface area (Å²) in [7, 11) is -2.21. The molecule has 0 radical (unpaired) electrons. The van der Waals surface area contributed by atoms with Crippen molar-refractivity contribution in [1.29, 1.82) is 0 Å². The number of halogens is 3. The Morgan fingerprint density at radius 2 is 2.09 bits per heavy atom. The number of rotatable bonds is 7. The summed E-state index contributed by atoms with van der Waals surface area (Å²) < 4.78 is 52.9. The van der Waals surface area contributed by atoms with Crippen LogP contribution >= 0.6 is 15.9 Å². The van der Waals surface area contributed by atoms with Crippen molar-refractivity contribution in [3.63, 3.8) is 0 Å². The molecule has 0 saturated heterocycles. The smallest absolute Gasteiger partial charge is 0.387 e. The summed E-state index contributed by atoms with van der Waals surface area (Å²) in [6.07, 6.45) is 0.975. The maximum absolute atomic E-state index is 12.3. The molecule has 0 saturated carbocycles. The van der Waals surface area contributed by atoms with Gasteiger partial charge >= 0.3 is 6.61 Å². The van der Waals surface area contributed by atoms with Gasteiger partial charge < -0.3 is 10.1 Å². The van der Waals surface area contributed by atoms with Gasteiger partial charge in [0.2, 0.25) is 15.9 Å². The van der Waals surface area contributed by atoms with Gasteiger partial charge in [-0.05, 0) is 18.2 Å². The van der Waals surface area contributed by atoms with Gasteiger partial charge in [0.1, 0.15) is 5.75 Å². The predicted molar refractivity (Wildman–Crippen MR) is 80.1 cm³/mol. The average molecular weight is 401 g/mol. The molecule has 1 amide bonds. The number of hydrogen-bond acceptors (Lipinski definition) is 4. The zero-order chi connectivity index (χ0) is 16.9. The molecule has 22 heavy (non-hydrogen) atoms. The number of ether oxygens (including phenoxy) is 1. The highest BCUT2D eigenvalue weighted by Gasteiger charge is 2.16. The zero-order valence-corrected chi connectivity index (χ0v) is 14.2. The Morgan fingerprint density at radius 3 is 2.64 bits per heavy atom. The molecule has 0 aliphatic heterocycles. The third-order valence-corrected chi connectivity index (χ3v) is 4.40. The van der Waals surface area contributed by atoms with Crippen LogP contribution in [0.5, 0.6) is 5.75 Å². The summed E-state index contributed by atoms with van der Waals surface area (Å²) in [6.45, 7) is -3.41. The highest BCUT2D eigenvalue weighted by Crippen LogP contribution is 2.24. The van der Waals surface area contributed by atoms with Crippen molar-refractivity contribution >= 4 is 31.9 Å². The number of carbonyl (C=O) groups excluding carboxylic acids is 1. The molecule has 1 N–H and O–H groups in total. The SMILES string of the molecule is CN(CC(=O)NCc1cc(Br)ccc1OC(F)F)S(C)(=O)=O. The number of sulfonamides is 1. The first-order chi connectivity index (χ1) is 10.1. The first kappa shape index (κ1) is 18.8. The summed E-state index contributed by atoms with van der Waals surface area (Å²) in [4.78, 5) is 11.7. The summed E-state index contributed by atoms with van der Waals surface area (Å²) in [5.74, 6) is -0.620. The lowest BCUT2D eigenvalue weighted by molar-refractivity contribution is -0.121. The van der Waals surface area contributed by atoms with Crippen molar-refractivity contribution in [2.24, 2.45) is 0 Å². The highest BCUT2D eigenvalue weighted by atomic mass is 79.9. The second-order valence-electron chi connectivity index (χ2n) is 4.43. The first-order valence-electron chi connectivity index (χ1n) is 6.01. The molecule has 10 heteroatoms. The van der Waals surface area contributed by atoms with E-state index in [4.69, 9.17) is 0 Å². The molecule has 0 heterocycles. The number of amides is 1. The Morgan fingerprint density at radius 1 is 1.45 bits per heavy atom. The molecule has 1 aromatic rings. The van der Waals surface area contributed by atoms with Gasteiger partial charge in [-0.25, -0.2) is 8.42 Å². The van der Waals surface area contributed by atoms with E-state index in [9.17, 15) is 22.0 Å². The molecule has 1 aromatic carbocycles. The van der Waals surface area contributed by atoms with Gasteiger partial charge in [0.15, 0.2) is 0 Å². The number of alkyl halides is 2. The van der Waals surface area contributed by atoms with Crippen molar-refractivity contribution in [1.82, 2.24) is 9.62 Å². The van der Waals surface area contributed by atoms with Crippen LogP contribution in [0, 0.1) is 0 Å². The van der Waals surface area contributed by atoms with Gasteiger partial charge in [-0.3, -0.25) is 4.79 Å². The lowest BCUT2D eigenvalue weighted by Gasteiger charge is -2.15. The summed E-state index contributed by atoms with van der Waals surface area (Å²) >= 11 is 3.19. The van der Waals surface area contributed by atoms with Crippen LogP contribution in [0.25, 0.3) is 0 Å².